The molecular formula is C102H108O24. The topological polar surface area (TPSA) is 269 Å². The molecule has 0 saturated heterocycles. The first-order chi connectivity index (χ1) is 61.7. The molecule has 126 heavy (non-hydrogen) atoms. The number of carbonyl (C=O) groups is 6. The van der Waals surface area contributed by atoms with Gasteiger partial charge in [0.05, 0.1) is 39.6 Å². The Morgan fingerprint density at radius 3 is 0.429 bits per heavy atom. The number of carbonyl (C=O) groups excluding carboxylic acids is 6. The second-order valence-electron chi connectivity index (χ2n) is 28.4. The number of esters is 6. The minimum atomic E-state index is -0.936. The van der Waals surface area contributed by atoms with E-state index in [2.05, 4.69) is 41.5 Å². The monoisotopic (exact) mass is 1720 g/mol. The van der Waals surface area contributed by atoms with Crippen molar-refractivity contribution < 1.29 is 114 Å². The Bertz CT molecular complexity index is 4440. The van der Waals surface area contributed by atoms with E-state index in [9.17, 15) is 28.8 Å². The van der Waals surface area contributed by atoms with Gasteiger partial charge in [0.25, 0.3) is 0 Å². The van der Waals surface area contributed by atoms with Crippen molar-refractivity contribution in [3.63, 3.8) is 0 Å². The molecule has 0 unspecified atom stereocenters. The lowest BCUT2D eigenvalue weighted by molar-refractivity contribution is -0.131. The van der Waals surface area contributed by atoms with Gasteiger partial charge >= 0.3 is 35.8 Å². The number of fused-ring (bicyclic) bond motifs is 6. The van der Waals surface area contributed by atoms with Crippen molar-refractivity contribution in [1.82, 2.24) is 0 Å². The lowest BCUT2D eigenvalue weighted by Gasteiger charge is -2.18. The zero-order chi connectivity index (χ0) is 88.7. The molecule has 0 heterocycles. The van der Waals surface area contributed by atoms with Crippen molar-refractivity contribution >= 4 is 68.1 Å². The normalized spacial score (nSPS) is 11.4. The number of benzene rings is 10. The van der Waals surface area contributed by atoms with E-state index >= 15 is 0 Å². The Balaban J connectivity index is 1.08. The van der Waals surface area contributed by atoms with Crippen LogP contribution in [0.15, 0.2) is 255 Å². The quantitative estimate of drug-likeness (QED) is 0.0113. The number of ether oxygens (including phenoxy) is 18. The standard InChI is InChI=1S/C102H108O24/c1-7-13-55-109-73-31-43-79(44-32-73)115-61-19-25-97(103)121-91-67-85-86(68-92(91)122-98(104)26-20-62-116-80-45-33-74(34-46-80)110-56-14-8-2)88-70-94(124-100(106)28-22-64-118-82-49-37-76(38-50-82)112-58-16-10-4)96(126-102(108)30-24-66-120-84-53-41-78(42-54-84)114-60-18-12-6)72-90(88)89-71-95(125-101(107)29-23-65-119-83-51-39-77(40-52-83)113-59-17-11-5)93(69-87(85)89)123-99(105)27-21-63-117-81-47-35-75(36-48-81)111-57-15-9-3/h19-54,67-72H,7-18,55-66H2,1-6H3/b25-19+,26-20+,27-21+,28-22+,29-23+,30-24+. The second kappa shape index (κ2) is 52.3. The van der Waals surface area contributed by atoms with Gasteiger partial charge in [-0.25, -0.2) is 28.8 Å². The molecule has 24 nitrogen and oxygen atoms in total. The number of unbranched alkanes of at least 4 members (excludes halogenated alkanes) is 6. The predicted molar refractivity (Wildman–Crippen MR) is 482 cm³/mol. The van der Waals surface area contributed by atoms with Crippen molar-refractivity contribution in [2.45, 2.75) is 119 Å². The van der Waals surface area contributed by atoms with Gasteiger partial charge in [-0.15, -0.1) is 0 Å². The van der Waals surface area contributed by atoms with Gasteiger partial charge in [0.2, 0.25) is 0 Å². The predicted octanol–water partition coefficient (Wildman–Crippen LogP) is 21.5. The Morgan fingerprint density at radius 1 is 0.190 bits per heavy atom. The van der Waals surface area contributed by atoms with Crippen LogP contribution in [0.5, 0.6) is 103 Å². The first kappa shape index (κ1) is 94.1. The Hall–Kier alpha value is -14.2. The molecule has 24 heteroatoms. The summed E-state index contributed by atoms with van der Waals surface area (Å²) in [5.41, 5.74) is 0. The van der Waals surface area contributed by atoms with E-state index < -0.39 is 35.8 Å². The van der Waals surface area contributed by atoms with Crippen LogP contribution in [0.1, 0.15) is 119 Å². The fourth-order valence-corrected chi connectivity index (χ4v) is 11.9. The minimum Gasteiger partial charge on any atom is -0.494 e. The molecule has 0 aliphatic carbocycles. The number of hydrogen-bond acceptors (Lipinski definition) is 24. The summed E-state index contributed by atoms with van der Waals surface area (Å²) in [6.45, 7) is 15.4. The average molecular weight is 1720 g/mol. The molecule has 0 N–H and O–H groups in total. The number of hydrogen-bond donors (Lipinski definition) is 0. The van der Waals surface area contributed by atoms with Crippen LogP contribution in [0.25, 0.3) is 32.3 Å². The number of rotatable bonds is 54. The van der Waals surface area contributed by atoms with Crippen molar-refractivity contribution in [1.29, 1.82) is 0 Å². The third kappa shape index (κ3) is 31.9. The van der Waals surface area contributed by atoms with Gasteiger partial charge in [-0.2, -0.15) is 0 Å². The SMILES string of the molecule is CCCCOc1ccc(OC/C=C/C(=O)Oc2cc3c4cc(OC(=O)/C=C/COc5ccc(OCCCC)cc5)c(OC(=O)/C=C/COc5ccc(OCCCC)cc5)cc4c4cc(OC(=O)/C=C/COc5ccc(OCCCC)cc5)c(OC(=O)/C=C/COc5ccc(OCCCC)cc5)cc4c3cc2OC(=O)/C=C/COc2ccc(OCCCC)cc2)cc1. The maximum atomic E-state index is 14.3. The van der Waals surface area contributed by atoms with Crippen LogP contribution in [0, 0.1) is 0 Å². The van der Waals surface area contributed by atoms with Crippen LogP contribution in [-0.2, 0) is 28.8 Å². The largest absolute Gasteiger partial charge is 0.494 e. The van der Waals surface area contributed by atoms with Gasteiger partial charge in [0.1, 0.15) is 109 Å². The van der Waals surface area contributed by atoms with Gasteiger partial charge in [-0.1, -0.05) is 80.1 Å². The highest BCUT2D eigenvalue weighted by atomic mass is 16.6. The summed E-state index contributed by atoms with van der Waals surface area (Å²) in [6, 6.07) is 50.7. The molecule has 0 radical (unpaired) electrons. The van der Waals surface area contributed by atoms with Gasteiger partial charge in [0.15, 0.2) is 34.5 Å². The van der Waals surface area contributed by atoms with Crippen LogP contribution in [0.3, 0.4) is 0 Å². The smallest absolute Gasteiger partial charge is 0.336 e. The molecule has 10 rings (SSSR count). The van der Waals surface area contributed by atoms with E-state index in [1.165, 1.54) is 72.9 Å². The van der Waals surface area contributed by atoms with Crippen molar-refractivity contribution in [2.75, 3.05) is 79.3 Å². The molecule has 10 aromatic rings. The fourth-order valence-electron chi connectivity index (χ4n) is 11.9. The summed E-state index contributed by atoms with van der Waals surface area (Å²) in [6.07, 6.45) is 26.6. The van der Waals surface area contributed by atoms with Crippen LogP contribution in [0.4, 0.5) is 0 Å². The van der Waals surface area contributed by atoms with Crippen molar-refractivity contribution in [3.05, 3.63) is 255 Å². The second-order valence-corrected chi connectivity index (χ2v) is 28.4. The Morgan fingerprint density at radius 2 is 0.310 bits per heavy atom. The van der Waals surface area contributed by atoms with Gasteiger partial charge in [-0.05, 0) is 289 Å². The highest BCUT2D eigenvalue weighted by molar-refractivity contribution is 6.27. The van der Waals surface area contributed by atoms with Gasteiger partial charge < -0.3 is 85.3 Å². The van der Waals surface area contributed by atoms with E-state index in [-0.39, 0.29) is 106 Å². The Kier molecular flexibility index (Phi) is 39.1. The molecule has 0 saturated carbocycles. The summed E-state index contributed by atoms with van der Waals surface area (Å²) in [7, 11) is 0. The van der Waals surface area contributed by atoms with E-state index in [0.29, 0.717) is 109 Å². The fraction of sp³-hybridized carbons (Fsp3) is 0.294. The summed E-state index contributed by atoms with van der Waals surface area (Å²) in [5, 5.41) is 1.25. The summed E-state index contributed by atoms with van der Waals surface area (Å²) < 4.78 is 108. The molecule has 660 valence electrons. The first-order valence-corrected chi connectivity index (χ1v) is 42.7. The van der Waals surface area contributed by atoms with Crippen LogP contribution < -0.4 is 85.3 Å². The summed E-state index contributed by atoms with van der Waals surface area (Å²) in [4.78, 5) is 85.9. The maximum Gasteiger partial charge on any atom is 0.336 e. The third-order valence-corrected chi connectivity index (χ3v) is 18.5. The molecule has 10 aromatic carbocycles. The molecule has 0 fully saturated rings. The van der Waals surface area contributed by atoms with Crippen LogP contribution in [0.2, 0.25) is 0 Å². The van der Waals surface area contributed by atoms with E-state index in [4.69, 9.17) is 85.3 Å². The molecule has 0 aliphatic rings. The van der Waals surface area contributed by atoms with Gasteiger partial charge in [0, 0.05) is 36.5 Å². The molecule has 0 aliphatic heterocycles. The summed E-state index contributed by atoms with van der Waals surface area (Å²) in [5.74, 6) is -0.447. The third-order valence-electron chi connectivity index (χ3n) is 18.5. The highest BCUT2D eigenvalue weighted by Gasteiger charge is 2.25. The highest BCUT2D eigenvalue weighted by Crippen LogP contribution is 2.48. The van der Waals surface area contributed by atoms with Crippen LogP contribution in [-0.4, -0.2) is 115 Å². The lowest BCUT2D eigenvalue weighted by atomic mass is 9.93. The van der Waals surface area contributed by atoms with Crippen molar-refractivity contribution in [2.24, 2.45) is 0 Å². The van der Waals surface area contributed by atoms with Gasteiger partial charge in [-0.3, -0.25) is 0 Å². The zero-order valence-corrected chi connectivity index (χ0v) is 72.0. The minimum absolute atomic E-state index is 0.0782. The summed E-state index contributed by atoms with van der Waals surface area (Å²) >= 11 is 0. The molecular weight excluding hydrogens is 1610 g/mol. The average Bonchev–Trinajstić information content (AvgIpc) is 0.722. The maximum absolute atomic E-state index is 14.3. The van der Waals surface area contributed by atoms with Crippen LogP contribution >= 0.6 is 0 Å². The lowest BCUT2D eigenvalue weighted by Crippen LogP contribution is -2.11. The van der Waals surface area contributed by atoms with E-state index in [1.54, 1.807) is 146 Å². The van der Waals surface area contributed by atoms with Crippen molar-refractivity contribution in [3.8, 4) is 103 Å². The first-order valence-electron chi connectivity index (χ1n) is 42.7. The molecule has 0 aromatic heterocycles. The molecule has 0 amide bonds. The molecule has 0 atom stereocenters. The Labute approximate surface area is 734 Å². The van der Waals surface area contributed by atoms with E-state index in [0.717, 1.165) is 114 Å². The molecule has 0 spiro atoms. The molecule has 0 bridgehead atoms. The zero-order valence-electron chi connectivity index (χ0n) is 72.0. The van der Waals surface area contributed by atoms with E-state index in [1.807, 2.05) is 0 Å².